The van der Waals surface area contributed by atoms with Gasteiger partial charge in [0.2, 0.25) is 0 Å². The Bertz CT molecular complexity index is 1110. The summed E-state index contributed by atoms with van der Waals surface area (Å²) < 4.78 is 28.9. The summed E-state index contributed by atoms with van der Waals surface area (Å²) in [6, 6.07) is 21.5. The Morgan fingerprint density at radius 2 is 1.54 bits per heavy atom. The smallest absolute Gasteiger partial charge is 0.282 e. The summed E-state index contributed by atoms with van der Waals surface area (Å²) >= 11 is 5.31. The van der Waals surface area contributed by atoms with E-state index in [-0.39, 0.29) is 0 Å². The molecule has 0 atom stereocenters. The minimum atomic E-state index is -4.00. The van der Waals surface area contributed by atoms with Crippen LogP contribution in [0.4, 0.5) is 0 Å². The van der Waals surface area contributed by atoms with Gasteiger partial charge in [-0.2, -0.15) is 8.42 Å². The Morgan fingerprint density at radius 3 is 2.23 bits per heavy atom. The molecule has 5 heteroatoms. The lowest BCUT2D eigenvalue weighted by atomic mass is 9.93. The Hall–Kier alpha value is -2.60. The Labute approximate surface area is 158 Å². The van der Waals surface area contributed by atoms with Gasteiger partial charge in [-0.25, -0.2) is 0 Å². The summed E-state index contributed by atoms with van der Waals surface area (Å²) in [4.78, 5) is 0.939. The van der Waals surface area contributed by atoms with Crippen molar-refractivity contribution in [2.45, 2.75) is 0 Å². The largest absolute Gasteiger partial charge is 0.287 e. The average molecular weight is 380 g/mol. The Kier molecular flexibility index (Phi) is 5.42. The van der Waals surface area contributed by atoms with Crippen LogP contribution in [0.25, 0.3) is 22.9 Å². The van der Waals surface area contributed by atoms with Crippen molar-refractivity contribution >= 4 is 50.1 Å². The van der Waals surface area contributed by atoms with Gasteiger partial charge in [-0.3, -0.25) is 4.55 Å². The van der Waals surface area contributed by atoms with Crippen molar-refractivity contribution in [3.63, 3.8) is 0 Å². The second-order valence-corrected chi connectivity index (χ2v) is 7.42. The minimum absolute atomic E-state index is 0.732. The molecule has 1 aliphatic carbocycles. The predicted molar refractivity (Wildman–Crippen MR) is 112 cm³/mol. The highest BCUT2D eigenvalue weighted by Crippen LogP contribution is 2.28. The zero-order chi connectivity index (χ0) is 18.6. The van der Waals surface area contributed by atoms with E-state index in [9.17, 15) is 8.42 Å². The maximum atomic E-state index is 10.3. The number of benzene rings is 3. The fraction of sp³-hybridized carbons (Fsp3) is 0. The molecule has 0 aliphatic heterocycles. The van der Waals surface area contributed by atoms with Crippen molar-refractivity contribution in [3.05, 3.63) is 94.9 Å². The summed E-state index contributed by atoms with van der Waals surface area (Å²) in [5.41, 5.74) is 3.19. The maximum absolute atomic E-state index is 10.3. The van der Waals surface area contributed by atoms with Crippen molar-refractivity contribution in [2.75, 3.05) is 0 Å². The monoisotopic (exact) mass is 380 g/mol. The van der Waals surface area contributed by atoms with Crippen LogP contribution in [-0.2, 0) is 10.1 Å². The molecule has 3 nitrogen and oxygen atoms in total. The zero-order valence-electron chi connectivity index (χ0n) is 13.7. The highest BCUT2D eigenvalue weighted by Gasteiger charge is 2.10. The topological polar surface area (TPSA) is 54.4 Å². The van der Waals surface area contributed by atoms with Crippen LogP contribution in [0.5, 0.6) is 0 Å². The van der Waals surface area contributed by atoms with Crippen molar-refractivity contribution < 1.29 is 13.0 Å². The third-order valence-electron chi connectivity index (χ3n) is 3.85. The molecular formula is C21H16O3S2. The number of hydrogen-bond acceptors (Lipinski definition) is 3. The summed E-state index contributed by atoms with van der Waals surface area (Å²) in [6.07, 6.45) is 5.43. The molecule has 0 radical (unpaired) electrons. The van der Waals surface area contributed by atoms with E-state index in [1.807, 2.05) is 12.1 Å². The van der Waals surface area contributed by atoms with E-state index in [1.165, 1.54) is 28.0 Å². The second kappa shape index (κ2) is 7.74. The lowest BCUT2D eigenvalue weighted by Gasteiger charge is -2.12. The van der Waals surface area contributed by atoms with Gasteiger partial charge in [0.1, 0.15) is 0 Å². The summed E-state index contributed by atoms with van der Waals surface area (Å²) in [6.45, 7) is 0. The van der Waals surface area contributed by atoms with E-state index >= 15 is 0 Å². The highest BCUT2D eigenvalue weighted by molar-refractivity contribution is 7.88. The van der Waals surface area contributed by atoms with E-state index in [4.69, 9.17) is 16.8 Å². The lowest BCUT2D eigenvalue weighted by molar-refractivity contribution is 0.494. The van der Waals surface area contributed by atoms with Gasteiger partial charge in [0.15, 0.2) is 0 Å². The molecule has 3 aromatic rings. The number of rotatable bonds is 2. The number of thiocarbonyl (C=S) groups is 1. The van der Waals surface area contributed by atoms with Crippen molar-refractivity contribution in [2.24, 2.45) is 0 Å². The minimum Gasteiger partial charge on any atom is -0.282 e. The van der Waals surface area contributed by atoms with Crippen LogP contribution in [0.3, 0.4) is 0 Å². The molecule has 0 unspecified atom stereocenters. The molecule has 0 bridgehead atoms. The third kappa shape index (κ3) is 4.52. The summed E-state index contributed by atoms with van der Waals surface area (Å²) in [5.74, 6) is 0. The SMILES string of the molecule is O=S(=O)(O)C=Cc1ccccc1.S=C1C=Cc2cccc3cccc1c23. The third-order valence-corrected chi connectivity index (χ3v) is 4.68. The van der Waals surface area contributed by atoms with E-state index in [2.05, 4.69) is 42.5 Å². The van der Waals surface area contributed by atoms with Gasteiger partial charge in [0, 0.05) is 10.4 Å². The second-order valence-electron chi connectivity index (χ2n) is 5.68. The summed E-state index contributed by atoms with van der Waals surface area (Å²) in [7, 11) is -4.00. The number of allylic oxidation sites excluding steroid dienone is 1. The molecule has 1 N–H and O–H groups in total. The standard InChI is InChI=1S/C13H8S.C8H8O3S/c14-12-8-7-10-4-1-3-9-5-2-6-11(12)13(9)10;9-12(10,11)7-6-8-4-2-1-3-5-8/h1-8H;1-7H,(H,9,10,11). The van der Waals surface area contributed by atoms with Crippen LogP contribution in [-0.4, -0.2) is 17.8 Å². The van der Waals surface area contributed by atoms with Crippen LogP contribution >= 0.6 is 12.2 Å². The first-order chi connectivity index (χ1) is 12.4. The van der Waals surface area contributed by atoms with Crippen LogP contribution in [0.15, 0.2) is 78.2 Å². The molecule has 26 heavy (non-hydrogen) atoms. The van der Waals surface area contributed by atoms with Crippen LogP contribution in [0.2, 0.25) is 0 Å². The molecule has 3 aromatic carbocycles. The fourth-order valence-corrected chi connectivity index (χ4v) is 3.27. The predicted octanol–water partition coefficient (Wildman–Crippen LogP) is 5.13. The van der Waals surface area contributed by atoms with Gasteiger partial charge < -0.3 is 0 Å². The fourth-order valence-electron chi connectivity index (χ4n) is 2.70. The molecule has 0 saturated carbocycles. The Morgan fingerprint density at radius 1 is 0.846 bits per heavy atom. The van der Waals surface area contributed by atoms with Gasteiger partial charge in [-0.05, 0) is 34.1 Å². The lowest BCUT2D eigenvalue weighted by Crippen LogP contribution is -1.99. The van der Waals surface area contributed by atoms with Crippen LogP contribution in [0, 0.1) is 0 Å². The molecule has 0 spiro atoms. The first-order valence-corrected chi connectivity index (χ1v) is 9.80. The molecule has 0 amide bonds. The van der Waals surface area contributed by atoms with Gasteiger partial charge in [-0.15, -0.1) is 0 Å². The zero-order valence-corrected chi connectivity index (χ0v) is 15.4. The van der Waals surface area contributed by atoms with Crippen LogP contribution < -0.4 is 0 Å². The molecule has 1 aliphatic rings. The first-order valence-electron chi connectivity index (χ1n) is 7.89. The van der Waals surface area contributed by atoms with Gasteiger partial charge in [0.05, 0.1) is 5.41 Å². The van der Waals surface area contributed by atoms with Gasteiger partial charge >= 0.3 is 0 Å². The quantitative estimate of drug-likeness (QED) is 0.495. The molecule has 4 rings (SSSR count). The maximum Gasteiger partial charge on any atom is 0.287 e. The molecule has 0 aromatic heterocycles. The van der Waals surface area contributed by atoms with E-state index in [0.29, 0.717) is 0 Å². The molecule has 0 heterocycles. The number of hydrogen-bond donors (Lipinski definition) is 1. The van der Waals surface area contributed by atoms with E-state index in [1.54, 1.807) is 24.3 Å². The normalized spacial score (nSPS) is 12.9. The first kappa shape index (κ1) is 18.2. The van der Waals surface area contributed by atoms with Gasteiger partial charge in [-0.1, -0.05) is 85.0 Å². The molecular weight excluding hydrogens is 364 g/mol. The Balaban J connectivity index is 0.000000153. The van der Waals surface area contributed by atoms with Crippen LogP contribution in [0.1, 0.15) is 16.7 Å². The summed E-state index contributed by atoms with van der Waals surface area (Å²) in [5, 5.41) is 3.32. The van der Waals surface area contributed by atoms with Crippen molar-refractivity contribution in [1.82, 2.24) is 0 Å². The molecule has 130 valence electrons. The highest BCUT2D eigenvalue weighted by atomic mass is 32.2. The average Bonchev–Trinajstić information content (AvgIpc) is 2.64. The van der Waals surface area contributed by atoms with Crippen molar-refractivity contribution in [3.8, 4) is 0 Å². The van der Waals surface area contributed by atoms with Gasteiger partial charge in [0.25, 0.3) is 10.1 Å². The van der Waals surface area contributed by atoms with E-state index in [0.717, 1.165) is 15.8 Å². The van der Waals surface area contributed by atoms with Crippen molar-refractivity contribution in [1.29, 1.82) is 0 Å². The molecule has 0 fully saturated rings. The van der Waals surface area contributed by atoms with E-state index < -0.39 is 10.1 Å². The molecule has 0 saturated heterocycles.